The van der Waals surface area contributed by atoms with Gasteiger partial charge in [0.1, 0.15) is 0 Å². The Morgan fingerprint density at radius 2 is 1.88 bits per heavy atom. The molecule has 1 aliphatic rings. The van der Waals surface area contributed by atoms with Crippen molar-refractivity contribution < 1.29 is 9.59 Å². The summed E-state index contributed by atoms with van der Waals surface area (Å²) >= 11 is 1.35. The van der Waals surface area contributed by atoms with Crippen LogP contribution in [0.2, 0.25) is 0 Å². The van der Waals surface area contributed by atoms with Crippen LogP contribution in [0.1, 0.15) is 53.1 Å². The average Bonchev–Trinajstić information content (AvgIpc) is 3.44. The summed E-state index contributed by atoms with van der Waals surface area (Å²) in [5.41, 5.74) is 3.65. The number of nitrogens with zero attached hydrogens (tertiary/aromatic N) is 4. The molecule has 0 radical (unpaired) electrons. The number of para-hydroxylation sites is 1. The first kappa shape index (κ1) is 23.0. The highest BCUT2D eigenvalue weighted by Crippen LogP contribution is 2.33. The second-order valence-electron chi connectivity index (χ2n) is 8.22. The monoisotopic (exact) mass is 463 g/mol. The Hall–Kier alpha value is -3.13. The number of rotatable bonds is 7. The van der Waals surface area contributed by atoms with E-state index in [1.54, 1.807) is 0 Å². The third-order valence-corrected chi connectivity index (χ3v) is 7.08. The lowest BCUT2D eigenvalue weighted by Gasteiger charge is -2.24. The highest BCUT2D eigenvalue weighted by atomic mass is 32.2. The minimum atomic E-state index is -0.116. The summed E-state index contributed by atoms with van der Waals surface area (Å²) in [5, 5.41) is 12.4. The molecule has 1 aliphatic heterocycles. The van der Waals surface area contributed by atoms with Crippen LogP contribution in [0.15, 0.2) is 53.7 Å². The van der Waals surface area contributed by atoms with E-state index in [-0.39, 0.29) is 23.6 Å². The van der Waals surface area contributed by atoms with Crippen LogP contribution in [0.4, 0.5) is 5.69 Å². The van der Waals surface area contributed by atoms with E-state index in [0.717, 1.165) is 47.5 Å². The zero-order valence-corrected chi connectivity index (χ0v) is 20.1. The van der Waals surface area contributed by atoms with E-state index in [2.05, 4.69) is 22.4 Å². The molecule has 2 amide bonds. The quantitative estimate of drug-likeness (QED) is 0.526. The van der Waals surface area contributed by atoms with Gasteiger partial charge in [-0.05, 0) is 49.4 Å². The zero-order valence-electron chi connectivity index (χ0n) is 19.2. The maximum absolute atomic E-state index is 13.2. The van der Waals surface area contributed by atoms with Gasteiger partial charge in [-0.2, -0.15) is 0 Å². The van der Waals surface area contributed by atoms with Crippen molar-refractivity contribution in [2.24, 2.45) is 7.05 Å². The van der Waals surface area contributed by atoms with Crippen molar-refractivity contribution in [3.05, 3.63) is 71.0 Å². The largest absolute Gasteiger partial charge is 0.328 e. The van der Waals surface area contributed by atoms with Crippen LogP contribution in [-0.4, -0.2) is 43.8 Å². The normalized spacial score (nSPS) is 15.6. The van der Waals surface area contributed by atoms with E-state index >= 15 is 0 Å². The Kier molecular flexibility index (Phi) is 7.13. The fourth-order valence-electron chi connectivity index (χ4n) is 4.25. The molecule has 33 heavy (non-hydrogen) atoms. The Morgan fingerprint density at radius 3 is 2.67 bits per heavy atom. The van der Waals surface area contributed by atoms with Gasteiger partial charge in [-0.15, -0.1) is 10.2 Å². The number of thioether (sulfide) groups is 1. The number of carbonyl (C=O) groups excluding carboxylic acids is 2. The lowest BCUT2D eigenvalue weighted by Crippen LogP contribution is -2.32. The highest BCUT2D eigenvalue weighted by molar-refractivity contribution is 7.99. The molecule has 4 rings (SSSR count). The Bertz CT molecular complexity index is 1160. The zero-order chi connectivity index (χ0) is 23.4. The summed E-state index contributed by atoms with van der Waals surface area (Å²) < 4.78 is 1.91. The third kappa shape index (κ3) is 4.95. The van der Waals surface area contributed by atoms with Crippen molar-refractivity contribution in [1.82, 2.24) is 19.7 Å². The molecule has 8 heteroatoms. The van der Waals surface area contributed by atoms with Crippen LogP contribution >= 0.6 is 11.8 Å². The van der Waals surface area contributed by atoms with Crippen LogP contribution in [0.3, 0.4) is 0 Å². The van der Waals surface area contributed by atoms with Crippen molar-refractivity contribution in [2.75, 3.05) is 17.6 Å². The number of aryl methyl sites for hydroxylation is 2. The Balaban J connectivity index is 1.43. The average molecular weight is 464 g/mol. The van der Waals surface area contributed by atoms with Crippen molar-refractivity contribution in [2.45, 2.75) is 44.3 Å². The smallest absolute Gasteiger partial charge is 0.254 e. The third-order valence-electron chi connectivity index (χ3n) is 6.06. The van der Waals surface area contributed by atoms with E-state index in [4.69, 9.17) is 0 Å². The van der Waals surface area contributed by atoms with Gasteiger partial charge in [0.05, 0.1) is 11.8 Å². The number of amides is 2. The maximum Gasteiger partial charge on any atom is 0.254 e. The van der Waals surface area contributed by atoms with Gasteiger partial charge in [0.25, 0.3) is 5.91 Å². The van der Waals surface area contributed by atoms with Gasteiger partial charge in [0.15, 0.2) is 11.0 Å². The molecule has 3 aromatic rings. The van der Waals surface area contributed by atoms with E-state index in [1.807, 2.05) is 72.0 Å². The molecule has 1 fully saturated rings. The molecule has 1 N–H and O–H groups in total. The lowest BCUT2D eigenvalue weighted by molar-refractivity contribution is -0.113. The summed E-state index contributed by atoms with van der Waals surface area (Å²) in [6, 6.07) is 15.4. The first-order valence-electron chi connectivity index (χ1n) is 11.3. The fourth-order valence-corrected chi connectivity index (χ4v) is 4.97. The molecular weight excluding hydrogens is 434 g/mol. The van der Waals surface area contributed by atoms with Crippen molar-refractivity contribution >= 4 is 29.3 Å². The maximum atomic E-state index is 13.2. The van der Waals surface area contributed by atoms with Gasteiger partial charge < -0.3 is 14.8 Å². The molecule has 1 unspecified atom stereocenters. The molecule has 0 bridgehead atoms. The number of nitrogens with one attached hydrogen (secondary N) is 1. The predicted octanol–water partition coefficient (Wildman–Crippen LogP) is 4.39. The number of hydrogen-bond donors (Lipinski definition) is 1. The molecule has 2 aromatic carbocycles. The molecule has 2 heterocycles. The first-order valence-corrected chi connectivity index (χ1v) is 12.2. The van der Waals surface area contributed by atoms with Gasteiger partial charge >= 0.3 is 0 Å². The molecule has 1 aromatic heterocycles. The number of hydrogen-bond acceptors (Lipinski definition) is 5. The Labute approximate surface area is 198 Å². The molecule has 172 valence electrons. The topological polar surface area (TPSA) is 80.1 Å². The molecule has 0 saturated carbocycles. The first-order chi connectivity index (χ1) is 16.0. The number of anilines is 1. The SMILES string of the molecule is CCc1ccccc1NC(=O)CSc1nnc(C2CCCN2C(=O)c2ccccc2C)n1C. The molecule has 7 nitrogen and oxygen atoms in total. The van der Waals surface area contributed by atoms with Gasteiger partial charge in [-0.25, -0.2) is 0 Å². The van der Waals surface area contributed by atoms with Crippen LogP contribution in [0.5, 0.6) is 0 Å². The van der Waals surface area contributed by atoms with Gasteiger partial charge in [0.2, 0.25) is 5.91 Å². The standard InChI is InChI=1S/C25H29N5O2S/c1-4-18-11-6-8-13-20(18)26-22(31)16-33-25-28-27-23(29(25)3)21-14-9-15-30(21)24(32)19-12-7-5-10-17(19)2/h5-8,10-13,21H,4,9,14-16H2,1-3H3,(H,26,31). The van der Waals surface area contributed by atoms with Crippen LogP contribution in [-0.2, 0) is 18.3 Å². The van der Waals surface area contributed by atoms with E-state index in [9.17, 15) is 9.59 Å². The number of aromatic nitrogens is 3. The molecule has 1 saturated heterocycles. The van der Waals surface area contributed by atoms with Crippen LogP contribution in [0.25, 0.3) is 0 Å². The molecule has 1 atom stereocenters. The number of likely N-dealkylation sites (tertiary alicyclic amines) is 1. The Morgan fingerprint density at radius 1 is 1.12 bits per heavy atom. The lowest BCUT2D eigenvalue weighted by atomic mass is 10.1. The molecule has 0 aliphatic carbocycles. The minimum absolute atomic E-state index is 0.0294. The summed E-state index contributed by atoms with van der Waals surface area (Å²) in [7, 11) is 1.90. The fraction of sp³-hybridized carbons (Fsp3) is 0.360. The number of carbonyl (C=O) groups is 2. The van der Waals surface area contributed by atoms with E-state index in [0.29, 0.717) is 11.7 Å². The predicted molar refractivity (Wildman–Crippen MR) is 130 cm³/mol. The van der Waals surface area contributed by atoms with Gasteiger partial charge in [-0.3, -0.25) is 9.59 Å². The summed E-state index contributed by atoms with van der Waals surface area (Å²) in [4.78, 5) is 27.6. The van der Waals surface area contributed by atoms with Gasteiger partial charge in [-0.1, -0.05) is 55.1 Å². The van der Waals surface area contributed by atoms with Crippen molar-refractivity contribution in [1.29, 1.82) is 0 Å². The molecule has 0 spiro atoms. The molecular formula is C25H29N5O2S. The highest BCUT2D eigenvalue weighted by Gasteiger charge is 2.34. The summed E-state index contributed by atoms with van der Waals surface area (Å²) in [6.07, 6.45) is 2.63. The van der Waals surface area contributed by atoms with Crippen molar-refractivity contribution in [3.8, 4) is 0 Å². The van der Waals surface area contributed by atoms with Crippen LogP contribution < -0.4 is 5.32 Å². The minimum Gasteiger partial charge on any atom is -0.328 e. The summed E-state index contributed by atoms with van der Waals surface area (Å²) in [6.45, 7) is 4.72. The number of benzene rings is 2. The second kappa shape index (κ2) is 10.2. The summed E-state index contributed by atoms with van der Waals surface area (Å²) in [5.74, 6) is 0.943. The van der Waals surface area contributed by atoms with Crippen molar-refractivity contribution in [3.63, 3.8) is 0 Å². The second-order valence-corrected chi connectivity index (χ2v) is 9.16. The van der Waals surface area contributed by atoms with E-state index in [1.165, 1.54) is 11.8 Å². The van der Waals surface area contributed by atoms with E-state index < -0.39 is 0 Å². The van der Waals surface area contributed by atoms with Gasteiger partial charge in [0, 0.05) is 24.8 Å². The van der Waals surface area contributed by atoms with Crippen LogP contribution in [0, 0.1) is 6.92 Å².